The topological polar surface area (TPSA) is 53.6 Å². The van der Waals surface area contributed by atoms with E-state index >= 15 is 0 Å². The number of morpholine rings is 1. The number of carbonyl (C=O) groups excluding carboxylic acids is 1. The molecule has 7 heteroatoms. The van der Waals surface area contributed by atoms with Crippen molar-refractivity contribution in [1.29, 1.82) is 0 Å². The van der Waals surface area contributed by atoms with Crippen LogP contribution in [0, 0.1) is 5.92 Å². The summed E-state index contributed by atoms with van der Waals surface area (Å²) in [6.45, 7) is 8.78. The third kappa shape index (κ3) is 5.31. The summed E-state index contributed by atoms with van der Waals surface area (Å²) in [7, 11) is 0. The lowest BCUT2D eigenvalue weighted by molar-refractivity contribution is -0.127. The van der Waals surface area contributed by atoms with Gasteiger partial charge >= 0.3 is 0 Å². The summed E-state index contributed by atoms with van der Waals surface area (Å²) in [4.78, 5) is 14.6. The zero-order valence-electron chi connectivity index (χ0n) is 14.8. The van der Waals surface area contributed by atoms with Gasteiger partial charge in [0.1, 0.15) is 0 Å². The van der Waals surface area contributed by atoms with Crippen LogP contribution in [-0.2, 0) is 9.53 Å². The Labute approximate surface area is 160 Å². The summed E-state index contributed by atoms with van der Waals surface area (Å²) in [5, 5.41) is 6.99. The Hall–Kier alpha value is -0.850. The molecule has 2 fully saturated rings. The third-order valence-electron chi connectivity index (χ3n) is 4.77. The molecular formula is C18H27Cl2N3O2. The predicted octanol–water partition coefficient (Wildman–Crippen LogP) is 2.25. The molecule has 2 aliphatic heterocycles. The van der Waals surface area contributed by atoms with Crippen LogP contribution in [-0.4, -0.2) is 55.7 Å². The molecule has 1 aromatic carbocycles. The molecule has 2 N–H and O–H groups in total. The van der Waals surface area contributed by atoms with Crippen molar-refractivity contribution in [3.8, 4) is 0 Å². The number of benzene rings is 1. The van der Waals surface area contributed by atoms with E-state index in [1.165, 1.54) is 5.56 Å². The van der Waals surface area contributed by atoms with Gasteiger partial charge in [0.15, 0.2) is 0 Å². The largest absolute Gasteiger partial charge is 0.373 e. The second kappa shape index (κ2) is 8.69. The molecule has 25 heavy (non-hydrogen) atoms. The van der Waals surface area contributed by atoms with Gasteiger partial charge in [-0.2, -0.15) is 0 Å². The molecule has 2 heterocycles. The van der Waals surface area contributed by atoms with Crippen LogP contribution in [0.3, 0.4) is 0 Å². The Bertz CT molecular complexity index is 576. The highest BCUT2D eigenvalue weighted by atomic mass is 35.5. The Morgan fingerprint density at radius 1 is 1.40 bits per heavy atom. The SMILES string of the molecule is CC1(C)CN(C(CNC(=O)C2CNC2)c2ccc(Cl)cc2)CCO1.Cl. The Kier molecular flexibility index (Phi) is 7.11. The average molecular weight is 388 g/mol. The number of ether oxygens (including phenoxy) is 1. The van der Waals surface area contributed by atoms with Crippen LogP contribution in [0.5, 0.6) is 0 Å². The first-order valence-electron chi connectivity index (χ1n) is 8.56. The smallest absolute Gasteiger partial charge is 0.225 e. The minimum Gasteiger partial charge on any atom is -0.373 e. The van der Waals surface area contributed by atoms with Crippen molar-refractivity contribution in [3.05, 3.63) is 34.9 Å². The molecule has 3 rings (SSSR count). The van der Waals surface area contributed by atoms with Crippen molar-refractivity contribution < 1.29 is 9.53 Å². The van der Waals surface area contributed by atoms with Gasteiger partial charge in [-0.25, -0.2) is 0 Å². The standard InChI is InChI=1S/C18H26ClN3O2.ClH/c1-18(2)12-22(7-8-24-18)16(13-3-5-15(19)6-4-13)11-21-17(23)14-9-20-10-14;/h3-6,14,16,20H,7-12H2,1-2H3,(H,21,23);1H. The van der Waals surface area contributed by atoms with E-state index in [2.05, 4.69) is 29.4 Å². The van der Waals surface area contributed by atoms with E-state index in [9.17, 15) is 4.79 Å². The number of hydrogen-bond acceptors (Lipinski definition) is 4. The van der Waals surface area contributed by atoms with Crippen molar-refractivity contribution in [1.82, 2.24) is 15.5 Å². The summed E-state index contributed by atoms with van der Waals surface area (Å²) in [5.74, 6) is 0.247. The molecule has 0 saturated carbocycles. The molecule has 0 radical (unpaired) electrons. The number of nitrogens with zero attached hydrogens (tertiary/aromatic N) is 1. The fourth-order valence-electron chi connectivity index (χ4n) is 3.28. The molecular weight excluding hydrogens is 361 g/mol. The van der Waals surface area contributed by atoms with Gasteiger partial charge in [-0.3, -0.25) is 9.69 Å². The van der Waals surface area contributed by atoms with Gasteiger partial charge in [-0.05, 0) is 31.5 Å². The van der Waals surface area contributed by atoms with Crippen molar-refractivity contribution in [3.63, 3.8) is 0 Å². The van der Waals surface area contributed by atoms with Gasteiger partial charge in [0, 0.05) is 37.7 Å². The summed E-state index contributed by atoms with van der Waals surface area (Å²) >= 11 is 6.03. The van der Waals surface area contributed by atoms with Crippen molar-refractivity contribution in [2.45, 2.75) is 25.5 Å². The van der Waals surface area contributed by atoms with E-state index in [-0.39, 0.29) is 35.9 Å². The first-order chi connectivity index (χ1) is 11.4. The van der Waals surface area contributed by atoms with Crippen molar-refractivity contribution in [2.75, 3.05) is 39.3 Å². The zero-order valence-corrected chi connectivity index (χ0v) is 16.3. The van der Waals surface area contributed by atoms with Crippen molar-refractivity contribution in [2.24, 2.45) is 5.92 Å². The van der Waals surface area contributed by atoms with Crippen LogP contribution >= 0.6 is 24.0 Å². The van der Waals surface area contributed by atoms with Gasteiger partial charge in [-0.15, -0.1) is 12.4 Å². The summed E-state index contributed by atoms with van der Waals surface area (Å²) in [6.07, 6.45) is 0. The molecule has 0 spiro atoms. The Balaban J connectivity index is 0.00000225. The molecule has 2 saturated heterocycles. The van der Waals surface area contributed by atoms with E-state index in [4.69, 9.17) is 16.3 Å². The molecule has 5 nitrogen and oxygen atoms in total. The number of halogens is 2. The fraction of sp³-hybridized carbons (Fsp3) is 0.611. The lowest BCUT2D eigenvalue weighted by atomic mass is 9.99. The van der Waals surface area contributed by atoms with Gasteiger partial charge < -0.3 is 15.4 Å². The lowest BCUT2D eigenvalue weighted by Crippen LogP contribution is -2.54. The average Bonchev–Trinajstić information content (AvgIpc) is 2.46. The molecule has 1 unspecified atom stereocenters. The molecule has 0 bridgehead atoms. The maximum Gasteiger partial charge on any atom is 0.225 e. The molecule has 1 aromatic rings. The van der Waals surface area contributed by atoms with Gasteiger partial charge in [0.2, 0.25) is 5.91 Å². The normalized spacial score (nSPS) is 21.7. The van der Waals surface area contributed by atoms with E-state index in [1.807, 2.05) is 24.3 Å². The van der Waals surface area contributed by atoms with Crippen LogP contribution in [0.25, 0.3) is 0 Å². The molecule has 1 atom stereocenters. The Morgan fingerprint density at radius 3 is 2.64 bits per heavy atom. The quantitative estimate of drug-likeness (QED) is 0.813. The molecule has 2 aliphatic rings. The van der Waals surface area contributed by atoms with Crippen LogP contribution < -0.4 is 10.6 Å². The monoisotopic (exact) mass is 387 g/mol. The number of amides is 1. The second-order valence-corrected chi connectivity index (χ2v) is 7.68. The number of rotatable bonds is 5. The zero-order chi connectivity index (χ0) is 17.2. The first-order valence-corrected chi connectivity index (χ1v) is 8.94. The summed E-state index contributed by atoms with van der Waals surface area (Å²) < 4.78 is 5.83. The summed E-state index contributed by atoms with van der Waals surface area (Å²) in [5.41, 5.74) is 0.995. The lowest BCUT2D eigenvalue weighted by Gasteiger charge is -2.42. The highest BCUT2D eigenvalue weighted by Gasteiger charge is 2.33. The first kappa shape index (κ1) is 20.5. The van der Waals surface area contributed by atoms with Crippen LogP contribution in [0.1, 0.15) is 25.5 Å². The fourth-order valence-corrected chi connectivity index (χ4v) is 3.40. The highest BCUT2D eigenvalue weighted by molar-refractivity contribution is 6.30. The minimum absolute atomic E-state index is 0. The van der Waals surface area contributed by atoms with Gasteiger partial charge in [0.05, 0.1) is 24.2 Å². The number of carbonyl (C=O) groups is 1. The van der Waals surface area contributed by atoms with E-state index in [0.717, 1.165) is 31.2 Å². The molecule has 0 aliphatic carbocycles. The number of nitrogens with one attached hydrogen (secondary N) is 2. The molecule has 1 amide bonds. The van der Waals surface area contributed by atoms with Gasteiger partial charge in [-0.1, -0.05) is 23.7 Å². The van der Waals surface area contributed by atoms with Gasteiger partial charge in [0.25, 0.3) is 0 Å². The van der Waals surface area contributed by atoms with Crippen LogP contribution in [0.4, 0.5) is 0 Å². The molecule has 0 aromatic heterocycles. The molecule has 140 valence electrons. The predicted molar refractivity (Wildman–Crippen MR) is 102 cm³/mol. The third-order valence-corrected chi connectivity index (χ3v) is 5.02. The summed E-state index contributed by atoms with van der Waals surface area (Å²) in [6, 6.07) is 8.04. The van der Waals surface area contributed by atoms with E-state index in [0.29, 0.717) is 13.2 Å². The van der Waals surface area contributed by atoms with Crippen LogP contribution in [0.2, 0.25) is 5.02 Å². The van der Waals surface area contributed by atoms with Crippen LogP contribution in [0.15, 0.2) is 24.3 Å². The maximum absolute atomic E-state index is 12.2. The van der Waals surface area contributed by atoms with E-state index < -0.39 is 0 Å². The van der Waals surface area contributed by atoms with Crippen molar-refractivity contribution >= 4 is 29.9 Å². The number of hydrogen-bond donors (Lipinski definition) is 2. The maximum atomic E-state index is 12.2. The van der Waals surface area contributed by atoms with E-state index in [1.54, 1.807) is 0 Å². The second-order valence-electron chi connectivity index (χ2n) is 7.25. The highest BCUT2D eigenvalue weighted by Crippen LogP contribution is 2.27. The Morgan fingerprint density at radius 2 is 2.08 bits per heavy atom. The minimum atomic E-state index is -0.176.